The van der Waals surface area contributed by atoms with Crippen molar-refractivity contribution in [3.05, 3.63) is 12.4 Å². The number of hydrogen-bond acceptors (Lipinski definition) is 7. The second-order valence-electron chi connectivity index (χ2n) is 5.83. The van der Waals surface area contributed by atoms with E-state index in [1.54, 1.807) is 11.9 Å². The summed E-state index contributed by atoms with van der Waals surface area (Å²) in [4.78, 5) is 2.86. The van der Waals surface area contributed by atoms with Crippen LogP contribution in [0.2, 0.25) is 0 Å². The van der Waals surface area contributed by atoms with Gasteiger partial charge in [-0.2, -0.15) is 30.0 Å². The highest BCUT2D eigenvalue weighted by Crippen LogP contribution is 2.29. The van der Waals surface area contributed by atoms with E-state index in [0.717, 1.165) is 19.3 Å². The molecule has 148 valence electrons. The molecule has 12 heteroatoms. The number of unbranched alkanes of at least 4 members (excludes halogenated alkanes) is 4. The van der Waals surface area contributed by atoms with Crippen molar-refractivity contribution in [1.29, 1.82) is 0 Å². The minimum absolute atomic E-state index is 0.0302. The molecule has 0 saturated carbocycles. The van der Waals surface area contributed by atoms with Gasteiger partial charge < -0.3 is 9.80 Å². The molecule has 0 aromatic rings. The highest BCUT2D eigenvalue weighted by Gasteiger charge is 2.52. The van der Waals surface area contributed by atoms with Gasteiger partial charge in [-0.05, 0) is 6.42 Å². The van der Waals surface area contributed by atoms with Crippen LogP contribution in [0.3, 0.4) is 0 Å². The Morgan fingerprint density at radius 3 is 2.16 bits per heavy atom. The van der Waals surface area contributed by atoms with Gasteiger partial charge in [0.1, 0.15) is 0 Å². The number of halogens is 3. The van der Waals surface area contributed by atoms with Gasteiger partial charge in [0.15, 0.2) is 5.37 Å². The molecule has 0 N–H and O–H groups in total. The van der Waals surface area contributed by atoms with Crippen molar-refractivity contribution in [2.45, 2.75) is 56.3 Å². The third-order valence-electron chi connectivity index (χ3n) is 3.62. The Hall–Kier alpha value is -1.01. The van der Waals surface area contributed by atoms with Crippen LogP contribution in [0.5, 0.6) is 0 Å². The zero-order valence-corrected chi connectivity index (χ0v) is 15.7. The predicted octanol–water partition coefficient (Wildman–Crippen LogP) is 2.55. The standard InChI is InChI=1S/C13H23F3N2O5S2/c1-3-4-5-6-7-8-12(18-10-9-17(2)11-18)24(19,20)23-25(21,22)13(14,15)16/h9-10,12H,3-8,11H2,1-2H3. The smallest absolute Gasteiger partial charge is 0.362 e. The summed E-state index contributed by atoms with van der Waals surface area (Å²) in [5, 5.41) is -1.51. The summed E-state index contributed by atoms with van der Waals surface area (Å²) >= 11 is 0. The molecule has 1 atom stereocenters. The lowest BCUT2D eigenvalue weighted by molar-refractivity contribution is -0.0499. The van der Waals surface area contributed by atoms with E-state index in [-0.39, 0.29) is 13.1 Å². The maximum Gasteiger partial charge on any atom is 0.524 e. The maximum absolute atomic E-state index is 12.4. The second-order valence-corrected chi connectivity index (χ2v) is 9.27. The van der Waals surface area contributed by atoms with E-state index in [0.29, 0.717) is 12.8 Å². The number of rotatable bonds is 10. The van der Waals surface area contributed by atoms with E-state index in [2.05, 4.69) is 3.63 Å². The molecule has 0 amide bonds. The highest BCUT2D eigenvalue weighted by atomic mass is 32.3. The molecular formula is C13H23F3N2O5S2. The fourth-order valence-electron chi connectivity index (χ4n) is 2.35. The first-order chi connectivity index (χ1) is 11.4. The third-order valence-corrected chi connectivity index (χ3v) is 6.84. The van der Waals surface area contributed by atoms with Gasteiger partial charge in [0.2, 0.25) is 0 Å². The van der Waals surface area contributed by atoms with Crippen molar-refractivity contribution < 1.29 is 33.6 Å². The van der Waals surface area contributed by atoms with Crippen LogP contribution in [-0.4, -0.2) is 51.2 Å². The number of alkyl halides is 3. The number of nitrogens with zero attached hydrogens (tertiary/aromatic N) is 2. The van der Waals surface area contributed by atoms with E-state index >= 15 is 0 Å². The SMILES string of the molecule is CCCCCCCC(N1C=CN(C)C1)S(=O)(=O)OS(=O)(=O)C(F)(F)F. The molecule has 0 bridgehead atoms. The van der Waals surface area contributed by atoms with Crippen molar-refractivity contribution in [1.82, 2.24) is 9.80 Å². The van der Waals surface area contributed by atoms with Crippen LogP contribution in [0.15, 0.2) is 12.4 Å². The summed E-state index contributed by atoms with van der Waals surface area (Å²) in [7, 11) is -9.61. The van der Waals surface area contributed by atoms with Crippen molar-refractivity contribution in [3.63, 3.8) is 0 Å². The van der Waals surface area contributed by atoms with Gasteiger partial charge >= 0.3 is 25.7 Å². The number of hydrogen-bond donors (Lipinski definition) is 0. The fourth-order valence-corrected chi connectivity index (χ4v) is 4.94. The summed E-state index contributed by atoms with van der Waals surface area (Å²) in [5.41, 5.74) is -5.80. The second kappa shape index (κ2) is 8.58. The molecule has 25 heavy (non-hydrogen) atoms. The first kappa shape index (κ1) is 22.0. The van der Waals surface area contributed by atoms with Gasteiger partial charge in [0.25, 0.3) is 0 Å². The molecule has 0 spiro atoms. The average molecular weight is 408 g/mol. The van der Waals surface area contributed by atoms with Crippen molar-refractivity contribution in [2.24, 2.45) is 0 Å². The maximum atomic E-state index is 12.4. The van der Waals surface area contributed by atoms with Crippen molar-refractivity contribution in [3.8, 4) is 0 Å². The van der Waals surface area contributed by atoms with Gasteiger partial charge in [-0.1, -0.05) is 39.0 Å². The molecule has 0 saturated heterocycles. The molecule has 1 heterocycles. The first-order valence-electron chi connectivity index (χ1n) is 7.81. The highest BCUT2D eigenvalue weighted by molar-refractivity contribution is 8.00. The van der Waals surface area contributed by atoms with Crippen LogP contribution in [0, 0.1) is 0 Å². The molecule has 0 aliphatic carbocycles. The summed E-state index contributed by atoms with van der Waals surface area (Å²) in [6, 6.07) is 0. The van der Waals surface area contributed by atoms with Crippen LogP contribution in [0.25, 0.3) is 0 Å². The van der Waals surface area contributed by atoms with E-state index in [1.807, 2.05) is 6.92 Å². The molecule has 0 aromatic carbocycles. The normalized spacial score (nSPS) is 17.3. The Labute approximate surface area is 146 Å². The van der Waals surface area contributed by atoms with Gasteiger partial charge in [0, 0.05) is 19.4 Å². The molecule has 1 unspecified atom stereocenters. The van der Waals surface area contributed by atoms with E-state index in [4.69, 9.17) is 0 Å². The van der Waals surface area contributed by atoms with Crippen molar-refractivity contribution in [2.75, 3.05) is 13.7 Å². The summed E-state index contributed by atoms with van der Waals surface area (Å²) in [6.07, 6.45) is 6.82. The van der Waals surface area contributed by atoms with Crippen LogP contribution in [0.4, 0.5) is 13.2 Å². The molecule has 0 aromatic heterocycles. The van der Waals surface area contributed by atoms with E-state index in [1.165, 1.54) is 17.3 Å². The Kier molecular flexibility index (Phi) is 7.56. The molecule has 0 radical (unpaired) electrons. The molecule has 1 aliphatic heterocycles. The van der Waals surface area contributed by atoms with E-state index in [9.17, 15) is 30.0 Å². The van der Waals surface area contributed by atoms with Crippen LogP contribution in [0.1, 0.15) is 45.4 Å². The molecule has 1 aliphatic rings. The Balaban J connectivity index is 2.91. The largest absolute Gasteiger partial charge is 0.524 e. The Bertz CT molecular complexity index is 662. The molecule has 0 fully saturated rings. The van der Waals surface area contributed by atoms with Gasteiger partial charge in [0.05, 0.1) is 6.67 Å². The average Bonchev–Trinajstić information content (AvgIpc) is 2.86. The molecule has 1 rings (SSSR count). The summed E-state index contributed by atoms with van der Waals surface area (Å²) < 4.78 is 87.5. The molecular weight excluding hydrogens is 385 g/mol. The lowest BCUT2D eigenvalue weighted by Crippen LogP contribution is -2.42. The monoisotopic (exact) mass is 408 g/mol. The van der Waals surface area contributed by atoms with Crippen molar-refractivity contribution >= 4 is 20.2 Å². The Morgan fingerprint density at radius 2 is 1.68 bits per heavy atom. The van der Waals surface area contributed by atoms with E-state index < -0.39 is 31.1 Å². The minimum atomic E-state index is -6.24. The van der Waals surface area contributed by atoms with Gasteiger partial charge in [-0.25, -0.2) is 0 Å². The quantitative estimate of drug-likeness (QED) is 0.406. The lowest BCUT2D eigenvalue weighted by atomic mass is 10.1. The molecule has 7 nitrogen and oxygen atoms in total. The zero-order valence-electron chi connectivity index (χ0n) is 14.1. The summed E-state index contributed by atoms with van der Waals surface area (Å²) in [5.74, 6) is 0. The van der Waals surface area contributed by atoms with Gasteiger partial charge in [-0.15, -0.1) is 3.63 Å². The minimum Gasteiger partial charge on any atom is -0.362 e. The topological polar surface area (TPSA) is 84.0 Å². The lowest BCUT2D eigenvalue weighted by Gasteiger charge is -2.27. The van der Waals surface area contributed by atoms with Gasteiger partial charge in [-0.3, -0.25) is 0 Å². The van der Waals surface area contributed by atoms with Crippen LogP contribution in [-0.2, 0) is 23.9 Å². The summed E-state index contributed by atoms with van der Waals surface area (Å²) in [6.45, 7) is 2.11. The predicted molar refractivity (Wildman–Crippen MR) is 85.8 cm³/mol. The van der Waals surface area contributed by atoms with Crippen LogP contribution < -0.4 is 0 Å². The fraction of sp³-hybridized carbons (Fsp3) is 0.846. The zero-order chi connectivity index (χ0) is 19.3. The third kappa shape index (κ3) is 6.33. The van der Waals surface area contributed by atoms with Crippen LogP contribution >= 0.6 is 0 Å². The Morgan fingerprint density at radius 1 is 1.08 bits per heavy atom. The first-order valence-corrected chi connectivity index (χ1v) is 10.7.